The zero-order valence-corrected chi connectivity index (χ0v) is 13.7. The molecule has 7 nitrogen and oxygen atoms in total. The smallest absolute Gasteiger partial charge is 0.422 e. The lowest BCUT2D eigenvalue weighted by Crippen LogP contribution is -2.19. The molecule has 1 fully saturated rings. The van der Waals surface area contributed by atoms with Gasteiger partial charge in [-0.25, -0.2) is 4.68 Å². The first-order chi connectivity index (χ1) is 11.9. The van der Waals surface area contributed by atoms with Gasteiger partial charge in [-0.3, -0.25) is 4.79 Å². The second kappa shape index (κ2) is 7.30. The first-order valence-corrected chi connectivity index (χ1v) is 8.39. The molecule has 1 amide bonds. The lowest BCUT2D eigenvalue weighted by atomic mass is 10.3. The first-order valence-electron chi connectivity index (χ1n) is 7.41. The van der Waals surface area contributed by atoms with Crippen LogP contribution in [0.5, 0.6) is 5.75 Å². The summed E-state index contributed by atoms with van der Waals surface area (Å²) < 4.78 is 42.5. The zero-order chi connectivity index (χ0) is 17.9. The number of carbonyl (C=O) groups is 1. The Balaban J connectivity index is 1.46. The molecule has 25 heavy (non-hydrogen) atoms. The number of hydrogen-bond acceptors (Lipinski definition) is 6. The summed E-state index contributed by atoms with van der Waals surface area (Å²) in [4.78, 5) is 12.0. The average molecular weight is 373 g/mol. The summed E-state index contributed by atoms with van der Waals surface area (Å²) >= 11 is 1.23. The van der Waals surface area contributed by atoms with Gasteiger partial charge in [0.25, 0.3) is 0 Å². The van der Waals surface area contributed by atoms with Gasteiger partial charge < -0.3 is 10.1 Å². The van der Waals surface area contributed by atoms with E-state index in [0.717, 1.165) is 12.8 Å². The van der Waals surface area contributed by atoms with Crippen LogP contribution in [-0.2, 0) is 4.79 Å². The van der Waals surface area contributed by atoms with Crippen LogP contribution in [0.15, 0.2) is 29.4 Å². The molecular weight excluding hydrogens is 359 g/mol. The van der Waals surface area contributed by atoms with Gasteiger partial charge in [0.2, 0.25) is 11.1 Å². The summed E-state index contributed by atoms with van der Waals surface area (Å²) in [6.45, 7) is -1.36. The number of nitrogens with one attached hydrogen (secondary N) is 1. The average Bonchev–Trinajstić information content (AvgIpc) is 3.30. The van der Waals surface area contributed by atoms with Crippen molar-refractivity contribution < 1.29 is 22.7 Å². The fraction of sp³-hybridized carbons (Fsp3) is 0.429. The molecule has 1 saturated carbocycles. The van der Waals surface area contributed by atoms with Crippen LogP contribution in [0.25, 0.3) is 0 Å². The normalized spacial score (nSPS) is 14.4. The van der Waals surface area contributed by atoms with E-state index in [1.54, 1.807) is 4.68 Å². The van der Waals surface area contributed by atoms with Crippen molar-refractivity contribution in [3.63, 3.8) is 0 Å². The predicted molar refractivity (Wildman–Crippen MR) is 83.4 cm³/mol. The SMILES string of the molecule is O=C(CSc1nnnn1C1CC1)Nc1ccc(OCC(F)(F)F)cc1. The highest BCUT2D eigenvalue weighted by molar-refractivity contribution is 7.99. The molecular formula is C14H14F3N5O2S. The third kappa shape index (κ3) is 5.34. The summed E-state index contributed by atoms with van der Waals surface area (Å²) in [7, 11) is 0. The zero-order valence-electron chi connectivity index (χ0n) is 12.9. The lowest BCUT2D eigenvalue weighted by molar-refractivity contribution is -0.153. The number of rotatable bonds is 7. The highest BCUT2D eigenvalue weighted by atomic mass is 32.2. The number of amides is 1. The second-order valence-electron chi connectivity index (χ2n) is 5.40. The minimum atomic E-state index is -4.39. The quantitative estimate of drug-likeness (QED) is 0.752. The second-order valence-corrected chi connectivity index (χ2v) is 6.34. The van der Waals surface area contributed by atoms with Crippen molar-refractivity contribution >= 4 is 23.4 Å². The molecule has 2 aromatic rings. The van der Waals surface area contributed by atoms with Gasteiger partial charge in [0.05, 0.1) is 11.8 Å². The number of anilines is 1. The van der Waals surface area contributed by atoms with Crippen LogP contribution in [0.2, 0.25) is 0 Å². The third-order valence-corrected chi connectivity index (χ3v) is 4.16. The van der Waals surface area contributed by atoms with Gasteiger partial charge in [0, 0.05) is 5.69 Å². The van der Waals surface area contributed by atoms with Crippen LogP contribution in [0.4, 0.5) is 18.9 Å². The number of nitrogens with zero attached hydrogens (tertiary/aromatic N) is 4. The number of tetrazole rings is 1. The molecule has 0 unspecified atom stereocenters. The number of alkyl halides is 3. The largest absolute Gasteiger partial charge is 0.484 e. The predicted octanol–water partition coefficient (Wildman–Crippen LogP) is 2.68. The number of ether oxygens (including phenoxy) is 1. The minimum absolute atomic E-state index is 0.0771. The van der Waals surface area contributed by atoms with Gasteiger partial charge in [-0.15, -0.1) is 5.10 Å². The van der Waals surface area contributed by atoms with E-state index in [1.165, 1.54) is 36.0 Å². The fourth-order valence-corrected chi connectivity index (χ4v) is 2.70. The van der Waals surface area contributed by atoms with Gasteiger partial charge in [-0.2, -0.15) is 13.2 Å². The van der Waals surface area contributed by atoms with Gasteiger partial charge in [0.15, 0.2) is 6.61 Å². The summed E-state index contributed by atoms with van der Waals surface area (Å²) in [5, 5.41) is 14.6. The van der Waals surface area contributed by atoms with Gasteiger partial charge in [0.1, 0.15) is 5.75 Å². The molecule has 0 radical (unpaired) electrons. The maximum atomic E-state index is 12.1. The van der Waals surface area contributed by atoms with E-state index >= 15 is 0 Å². The molecule has 1 aliphatic rings. The number of thioether (sulfide) groups is 1. The molecule has 1 aromatic heterocycles. The first kappa shape index (κ1) is 17.5. The van der Waals surface area contributed by atoms with E-state index in [2.05, 4.69) is 25.6 Å². The molecule has 3 rings (SSSR count). The monoisotopic (exact) mass is 373 g/mol. The van der Waals surface area contributed by atoms with Crippen LogP contribution < -0.4 is 10.1 Å². The highest BCUT2D eigenvalue weighted by Gasteiger charge is 2.29. The summed E-state index contributed by atoms with van der Waals surface area (Å²) in [5.41, 5.74) is 0.465. The molecule has 134 valence electrons. The Morgan fingerprint density at radius 3 is 2.68 bits per heavy atom. The van der Waals surface area contributed by atoms with Crippen molar-refractivity contribution in [3.05, 3.63) is 24.3 Å². The van der Waals surface area contributed by atoms with Gasteiger partial charge in [-0.05, 0) is 47.5 Å². The fourth-order valence-electron chi connectivity index (χ4n) is 1.96. The van der Waals surface area contributed by atoms with Crippen molar-refractivity contribution in [2.24, 2.45) is 0 Å². The Hall–Kier alpha value is -2.30. The van der Waals surface area contributed by atoms with Crippen LogP contribution in [0.1, 0.15) is 18.9 Å². The molecule has 0 aliphatic heterocycles. The van der Waals surface area contributed by atoms with E-state index in [4.69, 9.17) is 0 Å². The van der Waals surface area contributed by atoms with Crippen molar-refractivity contribution in [3.8, 4) is 5.75 Å². The molecule has 11 heteroatoms. The summed E-state index contributed by atoms with van der Waals surface area (Å²) in [6, 6.07) is 6.00. The lowest BCUT2D eigenvalue weighted by Gasteiger charge is -2.10. The van der Waals surface area contributed by atoms with Crippen molar-refractivity contribution in [2.45, 2.75) is 30.2 Å². The van der Waals surface area contributed by atoms with Crippen molar-refractivity contribution in [1.82, 2.24) is 20.2 Å². The van der Waals surface area contributed by atoms with Gasteiger partial charge >= 0.3 is 6.18 Å². The Labute approximate surface area is 144 Å². The Kier molecular flexibility index (Phi) is 5.11. The molecule has 1 N–H and O–H groups in total. The number of hydrogen-bond donors (Lipinski definition) is 1. The van der Waals surface area contributed by atoms with Crippen LogP contribution in [0, 0.1) is 0 Å². The van der Waals surface area contributed by atoms with E-state index in [0.29, 0.717) is 16.9 Å². The van der Waals surface area contributed by atoms with Crippen molar-refractivity contribution in [1.29, 1.82) is 0 Å². The van der Waals surface area contributed by atoms with Crippen LogP contribution in [0.3, 0.4) is 0 Å². The Bertz CT molecular complexity index is 731. The number of benzene rings is 1. The number of carbonyl (C=O) groups excluding carboxylic acids is 1. The maximum Gasteiger partial charge on any atom is 0.422 e. The summed E-state index contributed by atoms with van der Waals surface area (Å²) in [6.07, 6.45) is -2.32. The highest BCUT2D eigenvalue weighted by Crippen LogP contribution is 2.36. The Morgan fingerprint density at radius 2 is 2.04 bits per heavy atom. The number of aromatic nitrogens is 4. The Morgan fingerprint density at radius 1 is 1.32 bits per heavy atom. The molecule has 1 heterocycles. The molecule has 0 bridgehead atoms. The molecule has 0 saturated heterocycles. The topological polar surface area (TPSA) is 81.9 Å². The van der Waals surface area contributed by atoms with Crippen LogP contribution in [-0.4, -0.2) is 44.7 Å². The van der Waals surface area contributed by atoms with Crippen LogP contribution >= 0.6 is 11.8 Å². The third-order valence-electron chi connectivity index (χ3n) is 3.23. The molecule has 0 spiro atoms. The van der Waals surface area contributed by atoms with E-state index in [9.17, 15) is 18.0 Å². The van der Waals surface area contributed by atoms with Gasteiger partial charge in [-0.1, -0.05) is 11.8 Å². The standard InChI is InChI=1S/C14H14F3N5O2S/c15-14(16,17)8-24-11-5-1-9(2-6-11)18-12(23)7-25-13-19-20-21-22(13)10-3-4-10/h1-2,5-6,10H,3-4,7-8H2,(H,18,23). The van der Waals surface area contributed by atoms with E-state index in [-0.39, 0.29) is 17.4 Å². The maximum absolute atomic E-state index is 12.1. The molecule has 1 aromatic carbocycles. The van der Waals surface area contributed by atoms with Crippen molar-refractivity contribution in [2.75, 3.05) is 17.7 Å². The summed E-state index contributed by atoms with van der Waals surface area (Å²) in [5.74, 6) is -0.0630. The molecule has 0 atom stereocenters. The minimum Gasteiger partial charge on any atom is -0.484 e. The molecule has 1 aliphatic carbocycles. The number of halogens is 3. The van der Waals surface area contributed by atoms with E-state index in [1.807, 2.05) is 0 Å². The van der Waals surface area contributed by atoms with E-state index < -0.39 is 12.8 Å².